The molecule has 0 amide bonds. The fraction of sp³-hybridized carbons (Fsp3) is 0.462. The van der Waals surface area contributed by atoms with Gasteiger partial charge < -0.3 is 15.2 Å². The van der Waals surface area contributed by atoms with Crippen LogP contribution in [-0.2, 0) is 0 Å². The zero-order chi connectivity index (χ0) is 13.2. The van der Waals surface area contributed by atoms with Crippen molar-refractivity contribution in [2.24, 2.45) is 5.73 Å². The molecule has 5 nitrogen and oxygen atoms in total. The molecule has 0 aliphatic carbocycles. The Labute approximate surface area is 110 Å². The number of rotatable bonds is 3. The van der Waals surface area contributed by atoms with Crippen molar-refractivity contribution in [2.75, 3.05) is 44.2 Å². The molecule has 2 N–H and O–H groups in total. The molecule has 0 unspecified atom stereocenters. The van der Waals surface area contributed by atoms with Gasteiger partial charge in [0, 0.05) is 45.3 Å². The van der Waals surface area contributed by atoms with Crippen molar-refractivity contribution in [1.82, 2.24) is 10.1 Å². The number of fused-ring (bicyclic) bond motifs is 1. The van der Waals surface area contributed by atoms with Gasteiger partial charge in [-0.1, -0.05) is 5.16 Å². The van der Waals surface area contributed by atoms with Gasteiger partial charge >= 0.3 is 0 Å². The Hall–Kier alpha value is -1.66. The predicted octanol–water partition coefficient (Wildman–Crippen LogP) is 1.05. The molecular formula is C13H17FN4O. The van der Waals surface area contributed by atoms with Gasteiger partial charge in [-0.25, -0.2) is 4.39 Å². The lowest BCUT2D eigenvalue weighted by atomic mass is 10.2. The summed E-state index contributed by atoms with van der Waals surface area (Å²) in [5.74, 6) is 0.505. The summed E-state index contributed by atoms with van der Waals surface area (Å²) in [6.45, 7) is 5.32. The molecule has 1 aromatic carbocycles. The number of nitrogens with zero attached hydrogens (tertiary/aromatic N) is 3. The summed E-state index contributed by atoms with van der Waals surface area (Å²) in [6.07, 6.45) is 0. The average Bonchev–Trinajstić information content (AvgIpc) is 2.83. The zero-order valence-corrected chi connectivity index (χ0v) is 10.7. The van der Waals surface area contributed by atoms with Crippen LogP contribution in [0.5, 0.6) is 0 Å². The van der Waals surface area contributed by atoms with Gasteiger partial charge in [0.1, 0.15) is 5.82 Å². The van der Waals surface area contributed by atoms with E-state index in [1.54, 1.807) is 6.07 Å². The monoisotopic (exact) mass is 264 g/mol. The van der Waals surface area contributed by atoms with Gasteiger partial charge in [-0.3, -0.25) is 4.90 Å². The maximum Gasteiger partial charge on any atom is 0.180 e. The van der Waals surface area contributed by atoms with Gasteiger partial charge in [-0.2, -0.15) is 0 Å². The highest BCUT2D eigenvalue weighted by Crippen LogP contribution is 2.27. The Morgan fingerprint density at radius 2 is 2.05 bits per heavy atom. The van der Waals surface area contributed by atoms with Crippen molar-refractivity contribution in [1.29, 1.82) is 0 Å². The van der Waals surface area contributed by atoms with Crippen LogP contribution < -0.4 is 10.6 Å². The van der Waals surface area contributed by atoms with Crippen LogP contribution in [0.2, 0.25) is 0 Å². The lowest BCUT2D eigenvalue weighted by molar-refractivity contribution is 0.263. The molecule has 19 heavy (non-hydrogen) atoms. The quantitative estimate of drug-likeness (QED) is 0.898. The number of aromatic nitrogens is 1. The first kappa shape index (κ1) is 12.4. The number of benzene rings is 1. The Morgan fingerprint density at radius 3 is 2.79 bits per heavy atom. The van der Waals surface area contributed by atoms with Gasteiger partial charge in [0.15, 0.2) is 11.4 Å². The Kier molecular flexibility index (Phi) is 3.35. The standard InChI is InChI=1S/C13H17FN4O/c14-10-1-2-11-12(9-10)19-16-13(11)18-7-5-17(4-3-15)6-8-18/h1-2,9H,3-8,15H2. The van der Waals surface area contributed by atoms with Crippen LogP contribution in [-0.4, -0.2) is 49.3 Å². The number of halogens is 1. The van der Waals surface area contributed by atoms with Gasteiger partial charge in [0.2, 0.25) is 0 Å². The van der Waals surface area contributed by atoms with E-state index in [1.165, 1.54) is 12.1 Å². The van der Waals surface area contributed by atoms with E-state index in [0.717, 1.165) is 43.9 Å². The molecule has 1 aliphatic heterocycles. The van der Waals surface area contributed by atoms with Crippen LogP contribution in [0.1, 0.15) is 0 Å². The number of hydrogen-bond acceptors (Lipinski definition) is 5. The molecule has 0 saturated carbocycles. The molecule has 0 atom stereocenters. The number of hydrogen-bond donors (Lipinski definition) is 1. The summed E-state index contributed by atoms with van der Waals surface area (Å²) in [7, 11) is 0. The van der Waals surface area contributed by atoms with E-state index in [2.05, 4.69) is 15.0 Å². The second kappa shape index (κ2) is 5.14. The summed E-state index contributed by atoms with van der Waals surface area (Å²) in [5, 5.41) is 4.94. The number of nitrogens with two attached hydrogens (primary N) is 1. The van der Waals surface area contributed by atoms with Crippen LogP contribution in [0.3, 0.4) is 0 Å². The molecule has 0 bridgehead atoms. The van der Waals surface area contributed by atoms with Crippen molar-refractivity contribution in [3.63, 3.8) is 0 Å². The fourth-order valence-corrected chi connectivity index (χ4v) is 2.49. The highest BCUT2D eigenvalue weighted by Gasteiger charge is 2.21. The molecule has 1 saturated heterocycles. The van der Waals surface area contributed by atoms with Crippen LogP contribution in [0, 0.1) is 5.82 Å². The third-order valence-corrected chi connectivity index (χ3v) is 3.53. The first-order valence-electron chi connectivity index (χ1n) is 6.50. The minimum Gasteiger partial charge on any atom is -0.354 e. The second-order valence-corrected chi connectivity index (χ2v) is 4.76. The first-order valence-corrected chi connectivity index (χ1v) is 6.50. The van der Waals surface area contributed by atoms with Crippen LogP contribution in [0.15, 0.2) is 22.7 Å². The van der Waals surface area contributed by atoms with Gasteiger partial charge in [0.25, 0.3) is 0 Å². The summed E-state index contributed by atoms with van der Waals surface area (Å²) in [4.78, 5) is 4.51. The van der Waals surface area contributed by atoms with Crippen molar-refractivity contribution in [3.05, 3.63) is 24.0 Å². The van der Waals surface area contributed by atoms with E-state index >= 15 is 0 Å². The Morgan fingerprint density at radius 1 is 1.26 bits per heavy atom. The summed E-state index contributed by atoms with van der Waals surface area (Å²) >= 11 is 0. The van der Waals surface area contributed by atoms with Gasteiger partial charge in [0.05, 0.1) is 5.39 Å². The van der Waals surface area contributed by atoms with Crippen LogP contribution >= 0.6 is 0 Å². The normalized spacial score (nSPS) is 17.3. The minimum atomic E-state index is -0.303. The molecule has 0 radical (unpaired) electrons. The minimum absolute atomic E-state index is 0.303. The van der Waals surface area contributed by atoms with Gasteiger partial charge in [-0.05, 0) is 12.1 Å². The van der Waals surface area contributed by atoms with Gasteiger partial charge in [-0.15, -0.1) is 0 Å². The number of anilines is 1. The molecular weight excluding hydrogens is 247 g/mol. The third kappa shape index (κ3) is 2.41. The van der Waals surface area contributed by atoms with Crippen molar-refractivity contribution < 1.29 is 8.91 Å². The maximum atomic E-state index is 13.1. The predicted molar refractivity (Wildman–Crippen MR) is 71.7 cm³/mol. The van der Waals surface area contributed by atoms with E-state index in [9.17, 15) is 4.39 Å². The lowest BCUT2D eigenvalue weighted by Crippen LogP contribution is -2.47. The van der Waals surface area contributed by atoms with E-state index in [4.69, 9.17) is 10.3 Å². The molecule has 1 aliphatic rings. The topological polar surface area (TPSA) is 58.5 Å². The molecule has 102 valence electrons. The average molecular weight is 264 g/mol. The molecule has 3 rings (SSSR count). The Balaban J connectivity index is 1.78. The summed E-state index contributed by atoms with van der Waals surface area (Å²) in [5.41, 5.74) is 6.06. The molecule has 6 heteroatoms. The fourth-order valence-electron chi connectivity index (χ4n) is 2.49. The highest BCUT2D eigenvalue weighted by molar-refractivity contribution is 5.88. The van der Waals surface area contributed by atoms with Crippen molar-refractivity contribution >= 4 is 16.8 Å². The molecule has 0 spiro atoms. The molecule has 1 aromatic heterocycles. The van der Waals surface area contributed by atoms with Crippen LogP contribution in [0.25, 0.3) is 11.0 Å². The zero-order valence-electron chi connectivity index (χ0n) is 10.7. The largest absolute Gasteiger partial charge is 0.354 e. The van der Waals surface area contributed by atoms with E-state index in [0.29, 0.717) is 12.1 Å². The second-order valence-electron chi connectivity index (χ2n) is 4.76. The van der Waals surface area contributed by atoms with Crippen molar-refractivity contribution in [3.8, 4) is 0 Å². The van der Waals surface area contributed by atoms with Crippen LogP contribution in [0.4, 0.5) is 10.2 Å². The molecule has 2 heterocycles. The smallest absolute Gasteiger partial charge is 0.180 e. The Bertz CT molecular complexity index is 563. The van der Waals surface area contributed by atoms with Crippen molar-refractivity contribution in [2.45, 2.75) is 0 Å². The molecule has 1 fully saturated rings. The lowest BCUT2D eigenvalue weighted by Gasteiger charge is -2.34. The summed E-state index contributed by atoms with van der Waals surface area (Å²) < 4.78 is 18.3. The SMILES string of the molecule is NCCN1CCN(c2noc3cc(F)ccc23)CC1. The van der Waals surface area contributed by atoms with E-state index in [1.807, 2.05) is 0 Å². The third-order valence-electron chi connectivity index (χ3n) is 3.53. The maximum absolute atomic E-state index is 13.1. The van der Waals surface area contributed by atoms with E-state index in [-0.39, 0.29) is 5.82 Å². The number of piperazine rings is 1. The molecule has 2 aromatic rings. The summed E-state index contributed by atoms with van der Waals surface area (Å²) in [6, 6.07) is 4.53. The highest BCUT2D eigenvalue weighted by atomic mass is 19.1. The first-order chi connectivity index (χ1) is 9.28. The van der Waals surface area contributed by atoms with E-state index < -0.39 is 0 Å².